The Morgan fingerprint density at radius 1 is 1.48 bits per heavy atom. The fourth-order valence-corrected chi connectivity index (χ4v) is 1.99. The minimum Gasteiger partial charge on any atom is -0.395 e. The van der Waals surface area contributed by atoms with Gasteiger partial charge in [0, 0.05) is 31.3 Å². The minimum absolute atomic E-state index is 0.0278. The maximum absolute atomic E-state index is 12.3. The van der Waals surface area contributed by atoms with E-state index in [2.05, 4.69) is 16.8 Å². The number of aliphatic hydroxyl groups is 2. The van der Waals surface area contributed by atoms with Gasteiger partial charge in [-0.05, 0) is 12.1 Å². The average molecular weight is 290 g/mol. The topological polar surface area (TPSA) is 82.9 Å². The van der Waals surface area contributed by atoms with Crippen molar-refractivity contribution in [2.75, 3.05) is 32.9 Å². The minimum atomic E-state index is -0.327. The summed E-state index contributed by atoms with van der Waals surface area (Å²) in [5.41, 5.74) is 1.05. The molecule has 2 heterocycles. The van der Waals surface area contributed by atoms with Crippen LogP contribution in [-0.4, -0.2) is 65.0 Å². The van der Waals surface area contributed by atoms with E-state index in [-0.39, 0.29) is 25.2 Å². The van der Waals surface area contributed by atoms with Crippen LogP contribution in [0.4, 0.5) is 0 Å². The van der Waals surface area contributed by atoms with Crippen molar-refractivity contribution in [3.05, 3.63) is 29.6 Å². The number of nitrogens with zero attached hydrogens (tertiary/aromatic N) is 2. The van der Waals surface area contributed by atoms with Crippen molar-refractivity contribution in [3.63, 3.8) is 0 Å². The Labute approximate surface area is 123 Å². The highest BCUT2D eigenvalue weighted by atomic mass is 16.5. The number of hydrogen-bond donors (Lipinski definition) is 2. The first-order valence-corrected chi connectivity index (χ1v) is 6.82. The summed E-state index contributed by atoms with van der Waals surface area (Å²) in [5.74, 6) is 5.48. The second-order valence-electron chi connectivity index (χ2n) is 4.63. The second kappa shape index (κ2) is 7.74. The van der Waals surface area contributed by atoms with Gasteiger partial charge in [-0.1, -0.05) is 11.8 Å². The van der Waals surface area contributed by atoms with Gasteiger partial charge in [-0.2, -0.15) is 0 Å². The van der Waals surface area contributed by atoms with Gasteiger partial charge in [0.15, 0.2) is 0 Å². The molecule has 0 saturated carbocycles. The van der Waals surface area contributed by atoms with Crippen LogP contribution < -0.4 is 0 Å². The monoisotopic (exact) mass is 290 g/mol. The van der Waals surface area contributed by atoms with Crippen LogP contribution in [-0.2, 0) is 4.74 Å². The molecule has 0 aliphatic carbocycles. The highest BCUT2D eigenvalue weighted by molar-refractivity contribution is 5.92. The molecule has 1 saturated heterocycles. The van der Waals surface area contributed by atoms with Gasteiger partial charge in [0.25, 0.3) is 5.91 Å². The molecule has 6 heteroatoms. The van der Waals surface area contributed by atoms with Gasteiger partial charge < -0.3 is 19.8 Å². The van der Waals surface area contributed by atoms with Crippen LogP contribution in [0, 0.1) is 11.8 Å². The summed E-state index contributed by atoms with van der Waals surface area (Å²) >= 11 is 0. The third kappa shape index (κ3) is 4.26. The van der Waals surface area contributed by atoms with Crippen LogP contribution in [0.15, 0.2) is 18.3 Å². The largest absolute Gasteiger partial charge is 0.395 e. The SMILES string of the molecule is O=C(c1ccc(C#CCCO)cn1)N1CCOC(CO)C1. The zero-order valence-corrected chi connectivity index (χ0v) is 11.7. The van der Waals surface area contributed by atoms with Gasteiger partial charge in [0.1, 0.15) is 5.69 Å². The van der Waals surface area contributed by atoms with Gasteiger partial charge >= 0.3 is 0 Å². The molecule has 0 spiro atoms. The maximum atomic E-state index is 12.3. The molecule has 112 valence electrons. The second-order valence-corrected chi connectivity index (χ2v) is 4.63. The Morgan fingerprint density at radius 2 is 2.33 bits per heavy atom. The van der Waals surface area contributed by atoms with Crippen molar-refractivity contribution < 1.29 is 19.7 Å². The highest BCUT2D eigenvalue weighted by Gasteiger charge is 2.25. The summed E-state index contributed by atoms with van der Waals surface area (Å²) in [4.78, 5) is 18.0. The summed E-state index contributed by atoms with van der Waals surface area (Å²) in [5, 5.41) is 17.7. The van der Waals surface area contributed by atoms with Crippen molar-refractivity contribution >= 4 is 5.91 Å². The molecule has 0 bridgehead atoms. The van der Waals surface area contributed by atoms with Crippen LogP contribution >= 0.6 is 0 Å². The molecular weight excluding hydrogens is 272 g/mol. The van der Waals surface area contributed by atoms with E-state index in [0.717, 1.165) is 0 Å². The quantitative estimate of drug-likeness (QED) is 0.744. The molecule has 1 aromatic heterocycles. The normalized spacial score (nSPS) is 18.0. The predicted molar refractivity (Wildman–Crippen MR) is 75.5 cm³/mol. The molecule has 1 atom stereocenters. The van der Waals surface area contributed by atoms with Gasteiger partial charge in [-0.25, -0.2) is 4.98 Å². The van der Waals surface area contributed by atoms with E-state index >= 15 is 0 Å². The third-order valence-corrected chi connectivity index (χ3v) is 3.08. The lowest BCUT2D eigenvalue weighted by Gasteiger charge is -2.31. The first kappa shape index (κ1) is 15.4. The number of hydrogen-bond acceptors (Lipinski definition) is 5. The molecule has 6 nitrogen and oxygen atoms in total. The number of ether oxygens (including phenoxy) is 1. The van der Waals surface area contributed by atoms with E-state index in [1.54, 1.807) is 23.2 Å². The van der Waals surface area contributed by atoms with Crippen LogP contribution in [0.5, 0.6) is 0 Å². The van der Waals surface area contributed by atoms with Crippen molar-refractivity contribution in [1.29, 1.82) is 0 Å². The standard InChI is InChI=1S/C15H18N2O4/c18-7-2-1-3-12-4-5-14(16-9-12)15(20)17-6-8-21-13(10-17)11-19/h4-5,9,13,18-19H,2,6-8,10-11H2. The Hall–Kier alpha value is -1.94. The number of carbonyl (C=O) groups excluding carboxylic acids is 1. The highest BCUT2D eigenvalue weighted by Crippen LogP contribution is 2.09. The number of morpholine rings is 1. The molecule has 1 aromatic rings. The lowest BCUT2D eigenvalue weighted by molar-refractivity contribution is -0.0448. The van der Waals surface area contributed by atoms with Crippen molar-refractivity contribution in [2.24, 2.45) is 0 Å². The number of amides is 1. The third-order valence-electron chi connectivity index (χ3n) is 3.08. The number of aliphatic hydroxyl groups excluding tert-OH is 2. The number of pyridine rings is 1. The Bertz CT molecular complexity index is 533. The van der Waals surface area contributed by atoms with Crippen LogP contribution in [0.3, 0.4) is 0 Å². The summed E-state index contributed by atoms with van der Waals surface area (Å²) in [6.45, 7) is 1.21. The first-order chi connectivity index (χ1) is 10.2. The van der Waals surface area contributed by atoms with Crippen LogP contribution in [0.25, 0.3) is 0 Å². The Balaban J connectivity index is 2.01. The fourth-order valence-electron chi connectivity index (χ4n) is 1.99. The zero-order valence-electron chi connectivity index (χ0n) is 11.7. The zero-order chi connectivity index (χ0) is 15.1. The van der Waals surface area contributed by atoms with Gasteiger partial charge in [-0.3, -0.25) is 4.79 Å². The van der Waals surface area contributed by atoms with Crippen LogP contribution in [0.1, 0.15) is 22.5 Å². The molecule has 2 N–H and O–H groups in total. The first-order valence-electron chi connectivity index (χ1n) is 6.82. The summed E-state index contributed by atoms with van der Waals surface area (Å²) in [7, 11) is 0. The molecule has 1 unspecified atom stereocenters. The number of carbonyl (C=O) groups is 1. The average Bonchev–Trinajstić information content (AvgIpc) is 2.55. The summed E-state index contributed by atoms with van der Waals surface area (Å²) < 4.78 is 5.31. The van der Waals surface area contributed by atoms with Crippen molar-refractivity contribution in [1.82, 2.24) is 9.88 Å². The Kier molecular flexibility index (Phi) is 5.69. The predicted octanol–water partition coefficient (Wildman–Crippen LogP) is -0.351. The molecule has 21 heavy (non-hydrogen) atoms. The molecular formula is C15H18N2O4. The summed E-state index contributed by atoms with van der Waals surface area (Å²) in [6.07, 6.45) is 1.63. The molecule has 1 aliphatic rings. The number of rotatable bonds is 3. The molecule has 1 fully saturated rings. The fraction of sp³-hybridized carbons (Fsp3) is 0.467. The molecule has 2 rings (SSSR count). The van der Waals surface area contributed by atoms with Gasteiger partial charge in [0.2, 0.25) is 0 Å². The van der Waals surface area contributed by atoms with Gasteiger partial charge in [0.05, 0.1) is 25.9 Å². The van der Waals surface area contributed by atoms with E-state index in [4.69, 9.17) is 14.9 Å². The van der Waals surface area contributed by atoms with Crippen molar-refractivity contribution in [2.45, 2.75) is 12.5 Å². The number of aromatic nitrogens is 1. The van der Waals surface area contributed by atoms with E-state index in [1.807, 2.05) is 0 Å². The smallest absolute Gasteiger partial charge is 0.272 e. The lowest BCUT2D eigenvalue weighted by atomic mass is 10.2. The van der Waals surface area contributed by atoms with E-state index < -0.39 is 0 Å². The maximum Gasteiger partial charge on any atom is 0.272 e. The molecule has 1 aliphatic heterocycles. The van der Waals surface area contributed by atoms with Crippen LogP contribution in [0.2, 0.25) is 0 Å². The molecule has 0 aromatic carbocycles. The van der Waals surface area contributed by atoms with Crippen molar-refractivity contribution in [3.8, 4) is 11.8 Å². The summed E-state index contributed by atoms with van der Waals surface area (Å²) in [6, 6.07) is 3.36. The Morgan fingerprint density at radius 3 is 3.00 bits per heavy atom. The van der Waals surface area contributed by atoms with E-state index in [1.165, 1.54) is 0 Å². The van der Waals surface area contributed by atoms with E-state index in [0.29, 0.717) is 37.4 Å². The molecule has 0 radical (unpaired) electrons. The molecule has 1 amide bonds. The van der Waals surface area contributed by atoms with E-state index in [9.17, 15) is 4.79 Å². The van der Waals surface area contributed by atoms with Gasteiger partial charge in [-0.15, -0.1) is 0 Å². The lowest BCUT2D eigenvalue weighted by Crippen LogP contribution is -2.47.